The van der Waals surface area contributed by atoms with Crippen LogP contribution in [0.3, 0.4) is 0 Å². The maximum Gasteiger partial charge on any atom is 0.308 e. The Morgan fingerprint density at radius 2 is 2.28 bits per heavy atom. The number of anilines is 1. The lowest BCUT2D eigenvalue weighted by Crippen LogP contribution is -2.38. The molecule has 0 amide bonds. The SMILES string of the molecule is Cn1nc2c(c1Br)N1C(=NS2(=O)=O)OCC1CBr. The fraction of sp³-hybridized carbons (Fsp3) is 0.500. The van der Waals surface area contributed by atoms with E-state index in [-0.39, 0.29) is 17.1 Å². The second kappa shape index (κ2) is 3.94. The number of aryl methyl sites for hydroxylation is 1. The van der Waals surface area contributed by atoms with E-state index >= 15 is 0 Å². The molecule has 3 heterocycles. The minimum Gasteiger partial charge on any atom is -0.462 e. The van der Waals surface area contributed by atoms with Crippen molar-refractivity contribution in [1.82, 2.24) is 9.78 Å². The summed E-state index contributed by atoms with van der Waals surface area (Å²) in [5.41, 5.74) is 0.490. The third-order valence-electron chi connectivity index (χ3n) is 2.76. The largest absolute Gasteiger partial charge is 0.462 e. The highest BCUT2D eigenvalue weighted by Crippen LogP contribution is 2.40. The summed E-state index contributed by atoms with van der Waals surface area (Å²) in [5.74, 6) is 0. The van der Waals surface area contributed by atoms with Crippen LogP contribution < -0.4 is 4.90 Å². The van der Waals surface area contributed by atoms with Crippen LogP contribution in [0.2, 0.25) is 0 Å². The van der Waals surface area contributed by atoms with Crippen LogP contribution >= 0.6 is 31.9 Å². The van der Waals surface area contributed by atoms with E-state index in [0.29, 0.717) is 22.2 Å². The fourth-order valence-electron chi connectivity index (χ4n) is 1.92. The van der Waals surface area contributed by atoms with Gasteiger partial charge in [0.1, 0.15) is 16.9 Å². The molecule has 0 spiro atoms. The number of halogens is 2. The summed E-state index contributed by atoms with van der Waals surface area (Å²) in [4.78, 5) is 1.75. The van der Waals surface area contributed by atoms with Crippen molar-refractivity contribution in [3.05, 3.63) is 4.60 Å². The Morgan fingerprint density at radius 1 is 1.56 bits per heavy atom. The van der Waals surface area contributed by atoms with Gasteiger partial charge in [-0.3, -0.25) is 9.58 Å². The third-order valence-corrected chi connectivity index (χ3v) is 5.56. The maximum absolute atomic E-state index is 12.0. The summed E-state index contributed by atoms with van der Waals surface area (Å²) in [5, 5.41) is 4.60. The Hall–Kier alpha value is -0.610. The quantitative estimate of drug-likeness (QED) is 0.654. The van der Waals surface area contributed by atoms with Crippen LogP contribution in [-0.4, -0.2) is 42.2 Å². The molecule has 18 heavy (non-hydrogen) atoms. The number of alkyl halides is 1. The second-order valence-corrected chi connectivity index (χ2v) is 6.82. The van der Waals surface area contributed by atoms with E-state index in [4.69, 9.17) is 4.74 Å². The average Bonchev–Trinajstić information content (AvgIpc) is 2.82. The van der Waals surface area contributed by atoms with Crippen molar-refractivity contribution < 1.29 is 13.2 Å². The molecule has 0 aromatic carbocycles. The Balaban J connectivity index is 2.29. The summed E-state index contributed by atoms with van der Waals surface area (Å²) in [6.07, 6.45) is 0. The zero-order valence-electron chi connectivity index (χ0n) is 9.17. The molecular weight excluding hydrogens is 392 g/mol. The Morgan fingerprint density at radius 3 is 2.94 bits per heavy atom. The van der Waals surface area contributed by atoms with Gasteiger partial charge >= 0.3 is 16.0 Å². The molecule has 1 aromatic heterocycles. The highest BCUT2D eigenvalue weighted by atomic mass is 79.9. The molecule has 1 aromatic rings. The van der Waals surface area contributed by atoms with Gasteiger partial charge in [0.2, 0.25) is 5.03 Å². The first-order valence-electron chi connectivity index (χ1n) is 5.01. The van der Waals surface area contributed by atoms with Crippen molar-refractivity contribution in [3.8, 4) is 0 Å². The molecule has 2 aliphatic heterocycles. The molecule has 7 nitrogen and oxygen atoms in total. The molecule has 3 rings (SSSR count). The summed E-state index contributed by atoms with van der Waals surface area (Å²) < 4.78 is 35.0. The van der Waals surface area contributed by atoms with E-state index in [2.05, 4.69) is 41.4 Å². The molecule has 2 aliphatic rings. The molecule has 98 valence electrons. The standard InChI is InChI=1S/C8H8Br2N4O3S/c1-13-6(10)5-7(11-13)18(15,16)12-8-14(5)4(2-9)3-17-8/h4H,2-3H2,1H3. The van der Waals surface area contributed by atoms with Crippen molar-refractivity contribution in [3.63, 3.8) is 0 Å². The Bertz CT molecular complexity index is 654. The van der Waals surface area contributed by atoms with Crippen molar-refractivity contribution in [2.75, 3.05) is 16.8 Å². The Labute approximate surface area is 120 Å². The van der Waals surface area contributed by atoms with E-state index in [9.17, 15) is 8.42 Å². The molecule has 0 N–H and O–H groups in total. The van der Waals surface area contributed by atoms with Gasteiger partial charge in [0.05, 0.1) is 6.04 Å². The summed E-state index contributed by atoms with van der Waals surface area (Å²) in [6.45, 7) is 0.389. The lowest BCUT2D eigenvalue weighted by atomic mass is 10.3. The van der Waals surface area contributed by atoms with Crippen molar-refractivity contribution in [2.24, 2.45) is 11.4 Å². The van der Waals surface area contributed by atoms with Crippen molar-refractivity contribution >= 4 is 53.6 Å². The van der Waals surface area contributed by atoms with Crippen molar-refractivity contribution in [1.29, 1.82) is 0 Å². The maximum atomic E-state index is 12.0. The number of hydrogen-bond acceptors (Lipinski definition) is 5. The van der Waals surface area contributed by atoms with Gasteiger partial charge in [0.15, 0.2) is 0 Å². The molecule has 0 radical (unpaired) electrons. The first-order valence-corrected chi connectivity index (χ1v) is 8.36. The van der Waals surface area contributed by atoms with E-state index in [1.54, 1.807) is 11.9 Å². The van der Waals surface area contributed by atoms with Gasteiger partial charge in [0, 0.05) is 12.4 Å². The number of amidine groups is 1. The molecule has 1 atom stereocenters. The number of fused-ring (bicyclic) bond motifs is 3. The van der Waals surface area contributed by atoms with Crippen LogP contribution in [0.1, 0.15) is 0 Å². The second-order valence-electron chi connectivity index (χ2n) is 3.91. The van der Waals surface area contributed by atoms with Crippen LogP contribution in [0, 0.1) is 0 Å². The van der Waals surface area contributed by atoms with Crippen LogP contribution in [0.4, 0.5) is 5.69 Å². The normalized spacial score (nSPS) is 24.3. The molecule has 10 heteroatoms. The van der Waals surface area contributed by atoms with Crippen molar-refractivity contribution in [2.45, 2.75) is 11.1 Å². The van der Waals surface area contributed by atoms with E-state index < -0.39 is 10.0 Å². The van der Waals surface area contributed by atoms with E-state index in [1.165, 1.54) is 4.68 Å². The molecule has 1 unspecified atom stereocenters. The Kier molecular flexibility index (Phi) is 2.72. The first-order chi connectivity index (χ1) is 8.45. The van der Waals surface area contributed by atoms with Gasteiger partial charge in [-0.05, 0) is 15.9 Å². The van der Waals surface area contributed by atoms with Gasteiger partial charge in [-0.1, -0.05) is 15.9 Å². The topological polar surface area (TPSA) is 76.8 Å². The zero-order chi connectivity index (χ0) is 13.1. The summed E-state index contributed by atoms with van der Waals surface area (Å²) in [6, 6.07) is 0.110. The molecule has 0 saturated carbocycles. The third kappa shape index (κ3) is 1.55. The lowest BCUT2D eigenvalue weighted by molar-refractivity contribution is 0.334. The van der Waals surface area contributed by atoms with Gasteiger partial charge < -0.3 is 4.74 Å². The molecular formula is C8H8Br2N4O3S. The number of ether oxygens (including phenoxy) is 1. The number of rotatable bonds is 1. The fourth-order valence-corrected chi connectivity index (χ4v) is 4.09. The molecule has 0 aliphatic carbocycles. The average molecular weight is 400 g/mol. The van der Waals surface area contributed by atoms with Gasteiger partial charge in [-0.15, -0.1) is 4.40 Å². The first kappa shape index (κ1) is 12.4. The van der Waals surface area contributed by atoms with E-state index in [1.807, 2.05) is 0 Å². The predicted octanol–water partition coefficient (Wildman–Crippen LogP) is 0.841. The summed E-state index contributed by atoms with van der Waals surface area (Å²) >= 11 is 6.73. The van der Waals surface area contributed by atoms with Gasteiger partial charge in [0.25, 0.3) is 0 Å². The predicted molar refractivity (Wildman–Crippen MR) is 71.5 cm³/mol. The minimum absolute atomic E-state index is 0.00139. The van der Waals surface area contributed by atoms with Gasteiger partial charge in [-0.2, -0.15) is 13.5 Å². The monoisotopic (exact) mass is 398 g/mol. The number of sulfonamides is 1. The minimum atomic E-state index is -3.79. The van der Waals surface area contributed by atoms with Gasteiger partial charge in [-0.25, -0.2) is 0 Å². The number of aromatic nitrogens is 2. The van der Waals surface area contributed by atoms with Crippen LogP contribution in [0.15, 0.2) is 14.0 Å². The summed E-state index contributed by atoms with van der Waals surface area (Å²) in [7, 11) is -2.12. The molecule has 0 bridgehead atoms. The van der Waals surface area contributed by atoms with Crippen LogP contribution in [0.5, 0.6) is 0 Å². The smallest absolute Gasteiger partial charge is 0.308 e. The highest BCUT2D eigenvalue weighted by molar-refractivity contribution is 9.10. The molecule has 1 fully saturated rings. The van der Waals surface area contributed by atoms with Crippen LogP contribution in [0.25, 0.3) is 0 Å². The molecule has 1 saturated heterocycles. The lowest BCUT2D eigenvalue weighted by Gasteiger charge is -2.24. The zero-order valence-corrected chi connectivity index (χ0v) is 13.2. The van der Waals surface area contributed by atoms with Crippen LogP contribution in [-0.2, 0) is 21.8 Å². The number of nitrogens with zero attached hydrogens (tertiary/aromatic N) is 4. The highest BCUT2D eigenvalue weighted by Gasteiger charge is 2.44. The van der Waals surface area contributed by atoms with E-state index in [0.717, 1.165) is 0 Å². The number of hydrogen-bond donors (Lipinski definition) is 0.